The first-order valence-electron chi connectivity index (χ1n) is 6.91. The van der Waals surface area contributed by atoms with Crippen LogP contribution >= 0.6 is 11.3 Å². The van der Waals surface area contributed by atoms with Gasteiger partial charge in [-0.15, -0.1) is 11.3 Å². The maximum absolute atomic E-state index is 13.5. The molecule has 0 bridgehead atoms. The van der Waals surface area contributed by atoms with Gasteiger partial charge in [-0.1, -0.05) is 13.0 Å². The van der Waals surface area contributed by atoms with Gasteiger partial charge in [0.05, 0.1) is 27.2 Å². The van der Waals surface area contributed by atoms with E-state index in [1.165, 1.54) is 11.3 Å². The second kappa shape index (κ2) is 5.39. The van der Waals surface area contributed by atoms with Gasteiger partial charge in [0.15, 0.2) is 5.65 Å². The summed E-state index contributed by atoms with van der Waals surface area (Å²) in [6.45, 7) is 4.09. The molecule has 3 aromatic heterocycles. The molecule has 3 rings (SSSR count). The van der Waals surface area contributed by atoms with Gasteiger partial charge in [0.2, 0.25) is 0 Å². The molecule has 0 amide bonds. The fourth-order valence-electron chi connectivity index (χ4n) is 2.50. The summed E-state index contributed by atoms with van der Waals surface area (Å²) in [6, 6.07) is 4.69. The van der Waals surface area contributed by atoms with Gasteiger partial charge in [0.1, 0.15) is 0 Å². The first kappa shape index (κ1) is 15.0. The highest BCUT2D eigenvalue weighted by Crippen LogP contribution is 2.38. The lowest BCUT2D eigenvalue weighted by Crippen LogP contribution is -2.08. The van der Waals surface area contributed by atoms with Crippen LogP contribution in [0.3, 0.4) is 0 Å². The van der Waals surface area contributed by atoms with Gasteiger partial charge in [0.25, 0.3) is 0 Å². The first-order valence-corrected chi connectivity index (χ1v) is 7.79. The van der Waals surface area contributed by atoms with Crippen molar-refractivity contribution in [1.29, 1.82) is 0 Å². The third-order valence-electron chi connectivity index (χ3n) is 3.39. The molecule has 0 aliphatic carbocycles. The molecule has 0 aliphatic heterocycles. The summed E-state index contributed by atoms with van der Waals surface area (Å²) in [7, 11) is 0. The predicted octanol–water partition coefficient (Wildman–Crippen LogP) is 4.90. The van der Waals surface area contributed by atoms with E-state index in [9.17, 15) is 13.2 Å². The highest BCUT2D eigenvalue weighted by Gasteiger charge is 2.35. The van der Waals surface area contributed by atoms with Crippen molar-refractivity contribution in [2.24, 2.45) is 0 Å². The van der Waals surface area contributed by atoms with E-state index in [4.69, 9.17) is 0 Å². The fourth-order valence-corrected chi connectivity index (χ4v) is 3.18. The Balaban J connectivity index is 2.35. The largest absolute Gasteiger partial charge is 0.417 e. The third-order valence-corrected chi connectivity index (χ3v) is 4.28. The van der Waals surface area contributed by atoms with Gasteiger partial charge < -0.3 is 0 Å². The van der Waals surface area contributed by atoms with Crippen LogP contribution in [-0.2, 0) is 12.7 Å². The zero-order chi connectivity index (χ0) is 15.9. The minimum absolute atomic E-state index is 0.0984. The summed E-state index contributed by atoms with van der Waals surface area (Å²) in [4.78, 5) is 5.16. The summed E-state index contributed by atoms with van der Waals surface area (Å²) in [5.41, 5.74) is 0.339. The summed E-state index contributed by atoms with van der Waals surface area (Å²) < 4.78 is 41.9. The van der Waals surface area contributed by atoms with E-state index in [1.54, 1.807) is 23.7 Å². The lowest BCUT2D eigenvalue weighted by molar-refractivity contribution is -0.136. The van der Waals surface area contributed by atoms with Gasteiger partial charge >= 0.3 is 6.18 Å². The van der Waals surface area contributed by atoms with Gasteiger partial charge in [-0.2, -0.15) is 18.3 Å². The van der Waals surface area contributed by atoms with Crippen molar-refractivity contribution in [1.82, 2.24) is 14.8 Å². The van der Waals surface area contributed by atoms with Crippen LogP contribution in [0.25, 0.3) is 21.6 Å². The van der Waals surface area contributed by atoms with Crippen molar-refractivity contribution in [2.75, 3.05) is 0 Å². The molecule has 0 unspecified atom stereocenters. The fraction of sp³-hybridized carbons (Fsp3) is 0.333. The van der Waals surface area contributed by atoms with E-state index in [2.05, 4.69) is 10.1 Å². The van der Waals surface area contributed by atoms with Crippen LogP contribution in [0.15, 0.2) is 23.6 Å². The SMILES string of the molecule is CCCn1nc(C)c2c(C(F)(F)F)cc(-c3cccs3)nc21. The number of aryl methyl sites for hydroxylation is 2. The Kier molecular flexibility index (Phi) is 3.68. The number of fused-ring (bicyclic) bond motifs is 1. The normalized spacial score (nSPS) is 12.2. The van der Waals surface area contributed by atoms with Gasteiger partial charge in [-0.3, -0.25) is 0 Å². The Labute approximate surface area is 129 Å². The van der Waals surface area contributed by atoms with Gasteiger partial charge in [-0.25, -0.2) is 9.67 Å². The standard InChI is InChI=1S/C15H14F3N3S/c1-3-6-21-14-13(9(2)20-21)10(15(16,17)18)8-11(19-14)12-5-4-7-22-12/h4-5,7-8H,3,6H2,1-2H3. The molecule has 0 radical (unpaired) electrons. The first-order chi connectivity index (χ1) is 10.4. The molecule has 0 saturated carbocycles. The number of pyridine rings is 1. The van der Waals surface area contributed by atoms with Gasteiger partial charge in [-0.05, 0) is 30.9 Å². The van der Waals surface area contributed by atoms with E-state index < -0.39 is 11.7 Å². The number of rotatable bonds is 3. The lowest BCUT2D eigenvalue weighted by Gasteiger charge is -2.11. The highest BCUT2D eigenvalue weighted by atomic mass is 32.1. The Morgan fingerprint density at radius 2 is 2.09 bits per heavy atom. The average Bonchev–Trinajstić information content (AvgIpc) is 3.07. The molecule has 0 N–H and O–H groups in total. The minimum Gasteiger partial charge on any atom is -0.247 e. The van der Waals surface area contributed by atoms with Crippen LogP contribution < -0.4 is 0 Å². The third kappa shape index (κ3) is 2.49. The predicted molar refractivity (Wildman–Crippen MR) is 80.9 cm³/mol. The summed E-state index contributed by atoms with van der Waals surface area (Å²) >= 11 is 1.37. The molecule has 116 valence electrons. The van der Waals surface area contributed by atoms with Crippen molar-refractivity contribution >= 4 is 22.4 Å². The van der Waals surface area contributed by atoms with Crippen molar-refractivity contribution in [2.45, 2.75) is 33.0 Å². The van der Waals surface area contributed by atoms with Crippen LogP contribution in [0.4, 0.5) is 13.2 Å². The van der Waals surface area contributed by atoms with Crippen LogP contribution in [0, 0.1) is 6.92 Å². The Morgan fingerprint density at radius 3 is 2.68 bits per heavy atom. The molecular weight excluding hydrogens is 311 g/mol. The lowest BCUT2D eigenvalue weighted by atomic mass is 10.1. The number of nitrogens with zero attached hydrogens (tertiary/aromatic N) is 3. The molecule has 0 aliphatic rings. The highest BCUT2D eigenvalue weighted by molar-refractivity contribution is 7.13. The Hall–Kier alpha value is -1.89. The van der Waals surface area contributed by atoms with Crippen molar-refractivity contribution in [3.8, 4) is 10.6 Å². The summed E-state index contributed by atoms with van der Waals surface area (Å²) in [5.74, 6) is 0. The van der Waals surface area contributed by atoms with Crippen molar-refractivity contribution in [3.05, 3.63) is 34.8 Å². The minimum atomic E-state index is -4.43. The molecule has 0 aromatic carbocycles. The zero-order valence-corrected chi connectivity index (χ0v) is 12.9. The zero-order valence-electron chi connectivity index (χ0n) is 12.1. The van der Waals surface area contributed by atoms with E-state index in [1.807, 2.05) is 12.3 Å². The number of aromatic nitrogens is 3. The maximum atomic E-state index is 13.5. The molecule has 0 fully saturated rings. The summed E-state index contributed by atoms with van der Waals surface area (Å²) in [6.07, 6.45) is -3.65. The topological polar surface area (TPSA) is 30.7 Å². The average molecular weight is 325 g/mol. The Bertz CT molecular complexity index is 804. The van der Waals surface area contributed by atoms with Crippen LogP contribution in [0.5, 0.6) is 0 Å². The number of thiophene rings is 1. The van der Waals surface area contributed by atoms with Crippen LogP contribution in [0.2, 0.25) is 0 Å². The number of hydrogen-bond acceptors (Lipinski definition) is 3. The molecular formula is C15H14F3N3S. The molecule has 3 nitrogen and oxygen atoms in total. The van der Waals surface area contributed by atoms with E-state index >= 15 is 0 Å². The van der Waals surface area contributed by atoms with Gasteiger partial charge in [0, 0.05) is 6.54 Å². The number of hydrogen-bond donors (Lipinski definition) is 0. The summed E-state index contributed by atoms with van der Waals surface area (Å²) in [5, 5.41) is 6.15. The van der Waals surface area contributed by atoms with Crippen molar-refractivity contribution in [3.63, 3.8) is 0 Å². The maximum Gasteiger partial charge on any atom is 0.417 e. The number of alkyl halides is 3. The van der Waals surface area contributed by atoms with E-state index in [0.717, 1.165) is 12.5 Å². The molecule has 22 heavy (non-hydrogen) atoms. The quantitative estimate of drug-likeness (QED) is 0.686. The van der Waals surface area contributed by atoms with E-state index in [-0.39, 0.29) is 5.39 Å². The number of halogens is 3. The molecule has 3 aromatic rings. The van der Waals surface area contributed by atoms with E-state index in [0.29, 0.717) is 28.5 Å². The molecule has 0 atom stereocenters. The second-order valence-corrected chi connectivity index (χ2v) is 5.98. The second-order valence-electron chi connectivity index (χ2n) is 5.04. The smallest absolute Gasteiger partial charge is 0.247 e. The van der Waals surface area contributed by atoms with Crippen LogP contribution in [0.1, 0.15) is 24.6 Å². The Morgan fingerprint density at radius 1 is 1.32 bits per heavy atom. The molecule has 7 heteroatoms. The molecule has 0 saturated heterocycles. The monoisotopic (exact) mass is 325 g/mol. The molecule has 3 heterocycles. The van der Waals surface area contributed by atoms with Crippen LogP contribution in [-0.4, -0.2) is 14.8 Å². The molecule has 0 spiro atoms. The van der Waals surface area contributed by atoms with Crippen molar-refractivity contribution < 1.29 is 13.2 Å².